The Morgan fingerprint density at radius 1 is 0.974 bits per heavy atom. The number of nitrogens with one attached hydrogen (secondary N) is 1. The number of carbonyl (C=O) groups is 2. The van der Waals surface area contributed by atoms with Crippen molar-refractivity contribution >= 4 is 11.8 Å². The number of benzene rings is 3. The molecular formula is C33H32N2O4. The summed E-state index contributed by atoms with van der Waals surface area (Å²) >= 11 is 0. The first-order valence-corrected chi connectivity index (χ1v) is 13.6. The van der Waals surface area contributed by atoms with Crippen molar-refractivity contribution < 1.29 is 18.7 Å². The summed E-state index contributed by atoms with van der Waals surface area (Å²) in [5.41, 5.74) is 5.67. The molecule has 2 amide bonds. The second-order valence-electron chi connectivity index (χ2n) is 10.5. The third-order valence-electron chi connectivity index (χ3n) is 7.48. The Balaban J connectivity index is 1.17. The van der Waals surface area contributed by atoms with Gasteiger partial charge in [0.2, 0.25) is 5.91 Å². The van der Waals surface area contributed by atoms with Crippen LogP contribution in [0.15, 0.2) is 89.3 Å². The number of nitrogens with zero attached hydrogens (tertiary/aromatic N) is 1. The molecule has 0 bridgehead atoms. The fourth-order valence-electron chi connectivity index (χ4n) is 5.28. The molecule has 198 valence electrons. The van der Waals surface area contributed by atoms with Gasteiger partial charge in [-0.15, -0.1) is 0 Å². The molecule has 6 rings (SSSR count). The van der Waals surface area contributed by atoms with Gasteiger partial charge < -0.3 is 19.4 Å². The van der Waals surface area contributed by atoms with Gasteiger partial charge in [-0.05, 0) is 72.7 Å². The normalized spacial score (nSPS) is 16.4. The lowest BCUT2D eigenvalue weighted by Gasteiger charge is -2.38. The molecule has 3 aromatic carbocycles. The van der Waals surface area contributed by atoms with Crippen LogP contribution in [0.1, 0.15) is 63.0 Å². The van der Waals surface area contributed by atoms with Gasteiger partial charge in [0.1, 0.15) is 18.1 Å². The molecule has 1 unspecified atom stereocenters. The highest BCUT2D eigenvalue weighted by molar-refractivity contribution is 5.91. The molecule has 6 nitrogen and oxygen atoms in total. The predicted octanol–water partition coefficient (Wildman–Crippen LogP) is 5.98. The second kappa shape index (κ2) is 10.8. The van der Waals surface area contributed by atoms with Crippen molar-refractivity contribution in [3.63, 3.8) is 0 Å². The summed E-state index contributed by atoms with van der Waals surface area (Å²) in [5, 5.41) is 2.88. The molecule has 2 heterocycles. The maximum absolute atomic E-state index is 13.3. The molecule has 1 aliphatic heterocycles. The van der Waals surface area contributed by atoms with Gasteiger partial charge in [-0.3, -0.25) is 9.59 Å². The van der Waals surface area contributed by atoms with E-state index in [0.717, 1.165) is 42.5 Å². The largest absolute Gasteiger partial charge is 0.486 e. The number of aryl methyl sites for hydroxylation is 1. The molecule has 0 saturated heterocycles. The van der Waals surface area contributed by atoms with Crippen LogP contribution in [0.3, 0.4) is 0 Å². The quantitative estimate of drug-likeness (QED) is 0.310. The lowest BCUT2D eigenvalue weighted by atomic mass is 9.87. The van der Waals surface area contributed by atoms with E-state index in [1.807, 2.05) is 36.4 Å². The minimum Gasteiger partial charge on any atom is -0.486 e. The van der Waals surface area contributed by atoms with Crippen LogP contribution < -0.4 is 10.1 Å². The molecule has 1 aliphatic carbocycles. The standard InChI is InChI=1S/C33H32N2O4/c1-22-6-5-9-26(18-22)31-29-19-27(13-12-24(29)16-17-35(31)33(37)25-10-11-25)38-21-28-14-15-30(39-28)32(36)34-20-23-7-3-2-4-8-23/h2-9,12-15,18-19,25,31H,10-11,16-17,20-21H2,1H3,(H,34,36). The highest BCUT2D eigenvalue weighted by Gasteiger charge is 2.39. The molecule has 2 aliphatic rings. The summed E-state index contributed by atoms with van der Waals surface area (Å²) in [4.78, 5) is 27.9. The third kappa shape index (κ3) is 5.60. The van der Waals surface area contributed by atoms with E-state index in [1.54, 1.807) is 12.1 Å². The van der Waals surface area contributed by atoms with Crippen LogP contribution in [-0.4, -0.2) is 23.3 Å². The first-order chi connectivity index (χ1) is 19.0. The van der Waals surface area contributed by atoms with Crippen molar-refractivity contribution in [1.82, 2.24) is 10.2 Å². The van der Waals surface area contributed by atoms with Crippen LogP contribution >= 0.6 is 0 Å². The van der Waals surface area contributed by atoms with Gasteiger partial charge in [0.15, 0.2) is 5.76 Å². The zero-order chi connectivity index (χ0) is 26.8. The highest BCUT2D eigenvalue weighted by Crippen LogP contribution is 2.41. The minimum atomic E-state index is -0.264. The van der Waals surface area contributed by atoms with E-state index in [-0.39, 0.29) is 36.1 Å². The lowest BCUT2D eigenvalue weighted by molar-refractivity contribution is -0.134. The number of hydrogen-bond donors (Lipinski definition) is 1. The van der Waals surface area contributed by atoms with Gasteiger partial charge in [0, 0.05) is 19.0 Å². The van der Waals surface area contributed by atoms with Crippen LogP contribution in [0.5, 0.6) is 5.75 Å². The number of amides is 2. The summed E-state index contributed by atoms with van der Waals surface area (Å²) < 4.78 is 11.9. The van der Waals surface area contributed by atoms with Crippen molar-refractivity contribution in [2.75, 3.05) is 6.54 Å². The molecule has 1 atom stereocenters. The molecule has 39 heavy (non-hydrogen) atoms. The van der Waals surface area contributed by atoms with Gasteiger partial charge in [-0.25, -0.2) is 0 Å². The van der Waals surface area contributed by atoms with Crippen LogP contribution in [0.2, 0.25) is 0 Å². The molecule has 4 aromatic rings. The molecule has 0 radical (unpaired) electrons. The number of ether oxygens (including phenoxy) is 1. The van der Waals surface area contributed by atoms with Crippen LogP contribution in [0, 0.1) is 12.8 Å². The van der Waals surface area contributed by atoms with E-state index in [9.17, 15) is 9.59 Å². The zero-order valence-electron chi connectivity index (χ0n) is 22.1. The summed E-state index contributed by atoms with van der Waals surface area (Å²) in [6.07, 6.45) is 2.80. The Hall–Kier alpha value is -4.32. The number of hydrogen-bond acceptors (Lipinski definition) is 4. The van der Waals surface area contributed by atoms with E-state index in [4.69, 9.17) is 9.15 Å². The molecule has 1 aromatic heterocycles. The number of fused-ring (bicyclic) bond motifs is 1. The van der Waals surface area contributed by atoms with E-state index >= 15 is 0 Å². The van der Waals surface area contributed by atoms with E-state index in [1.165, 1.54) is 11.1 Å². The van der Waals surface area contributed by atoms with Crippen molar-refractivity contribution in [3.8, 4) is 5.75 Å². The van der Waals surface area contributed by atoms with Gasteiger partial charge in [0.05, 0.1) is 6.04 Å². The van der Waals surface area contributed by atoms with E-state index < -0.39 is 0 Å². The van der Waals surface area contributed by atoms with Crippen molar-refractivity contribution in [1.29, 1.82) is 0 Å². The second-order valence-corrected chi connectivity index (χ2v) is 10.5. The van der Waals surface area contributed by atoms with Crippen molar-refractivity contribution in [3.05, 3.63) is 124 Å². The highest BCUT2D eigenvalue weighted by atomic mass is 16.5. The summed E-state index contributed by atoms with van der Waals surface area (Å²) in [5.74, 6) is 1.68. The first-order valence-electron chi connectivity index (χ1n) is 13.6. The first kappa shape index (κ1) is 25.0. The van der Waals surface area contributed by atoms with Crippen molar-refractivity contribution in [2.24, 2.45) is 5.92 Å². The van der Waals surface area contributed by atoms with E-state index in [2.05, 4.69) is 53.5 Å². The molecule has 6 heteroatoms. The molecule has 0 spiro atoms. The number of furan rings is 1. The zero-order valence-corrected chi connectivity index (χ0v) is 22.1. The number of rotatable bonds is 8. The van der Waals surface area contributed by atoms with Gasteiger partial charge in [0.25, 0.3) is 5.91 Å². The van der Waals surface area contributed by atoms with Crippen LogP contribution in [0.25, 0.3) is 0 Å². The van der Waals surface area contributed by atoms with Gasteiger partial charge in [-0.1, -0.05) is 66.2 Å². The Morgan fingerprint density at radius 3 is 2.62 bits per heavy atom. The predicted molar refractivity (Wildman–Crippen MR) is 148 cm³/mol. The van der Waals surface area contributed by atoms with Crippen LogP contribution in [-0.2, 0) is 24.4 Å². The SMILES string of the molecule is Cc1cccc(C2c3cc(OCc4ccc(C(=O)NCc5ccccc5)o4)ccc3CCN2C(=O)C2CC2)c1. The Labute approximate surface area is 228 Å². The molecule has 1 fully saturated rings. The smallest absolute Gasteiger partial charge is 0.287 e. The maximum Gasteiger partial charge on any atom is 0.287 e. The van der Waals surface area contributed by atoms with E-state index in [0.29, 0.717) is 18.1 Å². The lowest BCUT2D eigenvalue weighted by Crippen LogP contribution is -2.41. The molecule has 1 N–H and O–H groups in total. The average Bonchev–Trinajstić information content (AvgIpc) is 3.71. The molecule has 1 saturated carbocycles. The Bertz CT molecular complexity index is 1490. The Kier molecular flexibility index (Phi) is 6.93. The summed E-state index contributed by atoms with van der Waals surface area (Å²) in [7, 11) is 0. The monoisotopic (exact) mass is 520 g/mol. The fraction of sp³-hybridized carbons (Fsp3) is 0.273. The summed E-state index contributed by atoms with van der Waals surface area (Å²) in [6.45, 7) is 3.44. The van der Waals surface area contributed by atoms with Crippen molar-refractivity contribution in [2.45, 2.75) is 45.4 Å². The topological polar surface area (TPSA) is 71.8 Å². The third-order valence-corrected chi connectivity index (χ3v) is 7.48. The molecular weight excluding hydrogens is 488 g/mol. The number of carbonyl (C=O) groups excluding carboxylic acids is 2. The van der Waals surface area contributed by atoms with Gasteiger partial charge >= 0.3 is 0 Å². The fourth-order valence-corrected chi connectivity index (χ4v) is 5.28. The minimum absolute atomic E-state index is 0.131. The summed E-state index contributed by atoms with van der Waals surface area (Å²) in [6, 6.07) is 27.6. The average molecular weight is 521 g/mol. The maximum atomic E-state index is 13.3. The van der Waals surface area contributed by atoms with Gasteiger partial charge in [-0.2, -0.15) is 0 Å². The Morgan fingerprint density at radius 2 is 1.82 bits per heavy atom. The van der Waals surface area contributed by atoms with Crippen LogP contribution in [0.4, 0.5) is 0 Å².